The van der Waals surface area contributed by atoms with E-state index in [1.54, 1.807) is 36.5 Å². The number of para-hydroxylation sites is 6. The van der Waals surface area contributed by atoms with E-state index in [2.05, 4.69) is 12.1 Å². The molecular weight excluding hydrogens is 1000 g/mol. The fraction of sp³-hybridized carbons (Fsp3) is 0.100. The molecule has 0 saturated carbocycles. The topological polar surface area (TPSA) is 42.8 Å². The van der Waals surface area contributed by atoms with Gasteiger partial charge in [0.2, 0.25) is 0 Å². The number of pyridine rings is 1. The molecule has 0 fully saturated rings. The van der Waals surface area contributed by atoms with Gasteiger partial charge in [-0.3, -0.25) is 0 Å². The van der Waals surface area contributed by atoms with E-state index in [1.165, 1.54) is 6.07 Å². The van der Waals surface area contributed by atoms with Crippen LogP contribution in [0.25, 0.3) is 61.0 Å². The number of hydrogen-bond donors (Lipinski definition) is 0. The van der Waals surface area contributed by atoms with Crippen LogP contribution in [-0.2, 0) is 27.4 Å². The molecule has 0 aliphatic carbocycles. The molecule has 10 aromatic rings. The van der Waals surface area contributed by atoms with E-state index in [4.69, 9.17) is 22.7 Å². The predicted molar refractivity (Wildman–Crippen MR) is 269 cm³/mol. The number of aromatic nitrogens is 2. The smallest absolute Gasteiger partial charge is 0.135 e. The maximum absolute atomic E-state index is 9.70. The van der Waals surface area contributed by atoms with E-state index >= 15 is 0 Å². The van der Waals surface area contributed by atoms with Gasteiger partial charge in [-0.1, -0.05) is 135 Å². The molecule has 67 heavy (non-hydrogen) atoms. The van der Waals surface area contributed by atoms with Crippen LogP contribution in [0, 0.1) is 38.4 Å². The van der Waals surface area contributed by atoms with Gasteiger partial charge in [0.1, 0.15) is 17.3 Å². The Kier molecular flexibility index (Phi) is 8.68. The fourth-order valence-corrected chi connectivity index (χ4v) is 9.29. The number of ether oxygens (including phenoxy) is 2. The molecule has 8 aromatic carbocycles. The second kappa shape index (κ2) is 17.1. The molecule has 0 N–H and O–H groups in total. The van der Waals surface area contributed by atoms with Crippen molar-refractivity contribution < 1.29 is 41.5 Å². The van der Waals surface area contributed by atoms with Crippen LogP contribution in [0.5, 0.6) is 23.0 Å². The van der Waals surface area contributed by atoms with Gasteiger partial charge in [-0.25, -0.2) is 4.98 Å². The Morgan fingerprint density at radius 3 is 2.04 bits per heavy atom. The van der Waals surface area contributed by atoms with Crippen LogP contribution in [0.1, 0.15) is 41.5 Å². The Morgan fingerprint density at radius 2 is 1.27 bits per heavy atom. The Hall–Kier alpha value is -7.40. The first-order valence-electron chi connectivity index (χ1n) is 25.9. The predicted octanol–water partition coefficient (Wildman–Crippen LogP) is 15.9. The van der Waals surface area contributed by atoms with E-state index < -0.39 is 26.0 Å². The van der Waals surface area contributed by atoms with E-state index in [0.717, 1.165) is 27.7 Å². The summed E-state index contributed by atoms with van der Waals surface area (Å²) < 4.78 is 87.0. The third-order valence-corrected chi connectivity index (χ3v) is 12.2. The maximum atomic E-state index is 9.70. The minimum atomic E-state index is -2.59. The first-order valence-corrected chi connectivity index (χ1v) is 21.9. The molecule has 5 heterocycles. The monoisotopic (exact) mass is 1060 g/mol. The number of aryl methyl sites for hydroxylation is 2. The van der Waals surface area contributed by atoms with Crippen LogP contribution >= 0.6 is 0 Å². The van der Waals surface area contributed by atoms with E-state index in [-0.39, 0.29) is 43.7 Å². The van der Waals surface area contributed by atoms with Gasteiger partial charge in [-0.05, 0) is 77.6 Å². The largest absolute Gasteiger partial charge is 0.509 e. The molecule has 0 saturated heterocycles. The minimum Gasteiger partial charge on any atom is -0.509 e. The van der Waals surface area contributed by atoms with Crippen molar-refractivity contribution in [3.63, 3.8) is 0 Å². The van der Waals surface area contributed by atoms with Gasteiger partial charge in [0.25, 0.3) is 0 Å². The molecule has 8 bridgehead atoms. The van der Waals surface area contributed by atoms with Crippen LogP contribution in [0.4, 0.5) is 22.7 Å². The second-order valence-electron chi connectivity index (χ2n) is 16.7. The number of nitrogens with zero attached hydrogens (tertiary/aromatic N) is 4. The summed E-state index contributed by atoms with van der Waals surface area (Å²) in [5, 5.41) is 1.74. The van der Waals surface area contributed by atoms with Gasteiger partial charge in [-0.2, -0.15) is 12.1 Å². The normalized spacial score (nSPS) is 15.0. The maximum Gasteiger partial charge on any atom is 0.135 e. The molecule has 3 aliphatic heterocycles. The van der Waals surface area contributed by atoms with E-state index in [0.29, 0.717) is 73.2 Å². The second-order valence-corrected chi connectivity index (χ2v) is 16.7. The zero-order valence-electron chi connectivity index (χ0n) is 44.3. The van der Waals surface area contributed by atoms with Crippen molar-refractivity contribution in [3.8, 4) is 62.2 Å². The van der Waals surface area contributed by atoms with Crippen LogP contribution < -0.4 is 19.3 Å². The third-order valence-electron chi connectivity index (χ3n) is 12.2. The van der Waals surface area contributed by atoms with Crippen molar-refractivity contribution in [2.24, 2.45) is 5.92 Å². The Labute approximate surface area is 417 Å². The van der Waals surface area contributed by atoms with Crippen LogP contribution in [-0.4, -0.2) is 9.55 Å². The van der Waals surface area contributed by atoms with Crippen molar-refractivity contribution in [2.45, 2.75) is 33.9 Å². The Bertz CT molecular complexity index is 3870. The summed E-state index contributed by atoms with van der Waals surface area (Å²) in [4.78, 5) is 9.03. The minimum absolute atomic E-state index is 0. The number of anilines is 4. The van der Waals surface area contributed by atoms with Crippen molar-refractivity contribution in [1.82, 2.24) is 9.55 Å². The molecule has 3 aliphatic rings. The molecule has 13 rings (SSSR count). The van der Waals surface area contributed by atoms with Crippen molar-refractivity contribution in [1.29, 1.82) is 0 Å². The van der Waals surface area contributed by atoms with Gasteiger partial charge in [0.15, 0.2) is 0 Å². The molecule has 2 aromatic heterocycles. The van der Waals surface area contributed by atoms with Gasteiger partial charge in [0.05, 0.1) is 0 Å². The molecule has 0 unspecified atom stereocenters. The number of benzene rings is 8. The summed E-state index contributed by atoms with van der Waals surface area (Å²) >= 11 is 0. The molecule has 0 spiro atoms. The fourth-order valence-electron chi connectivity index (χ4n) is 9.29. The van der Waals surface area contributed by atoms with Crippen molar-refractivity contribution in [2.75, 3.05) is 9.80 Å². The molecule has 330 valence electrons. The summed E-state index contributed by atoms with van der Waals surface area (Å²) in [6.45, 7) is 0.554. The summed E-state index contributed by atoms with van der Waals surface area (Å²) in [6, 6.07) is 59.2. The Balaban J connectivity index is 0.00000602. The molecule has 6 nitrogen and oxygen atoms in total. The summed E-state index contributed by atoms with van der Waals surface area (Å²) in [6.07, 6.45) is -0.169. The van der Waals surface area contributed by atoms with E-state index in [1.807, 2.05) is 168 Å². The average Bonchev–Trinajstić information content (AvgIpc) is 3.94. The van der Waals surface area contributed by atoms with Gasteiger partial charge >= 0.3 is 0 Å². The molecule has 0 radical (unpaired) electrons. The molecule has 0 atom stereocenters. The summed E-state index contributed by atoms with van der Waals surface area (Å²) in [5.41, 5.74) is 8.21. The molecular formula is C60H45N4O2Pt-3. The van der Waals surface area contributed by atoms with Gasteiger partial charge in [-0.15, -0.1) is 47.6 Å². The first kappa shape index (κ1) is 34.0. The third kappa shape index (κ3) is 7.28. The Morgan fingerprint density at radius 1 is 0.612 bits per heavy atom. The number of hydrogen-bond acceptors (Lipinski definition) is 5. The van der Waals surface area contributed by atoms with E-state index in [9.17, 15) is 2.74 Å². The zero-order chi connectivity index (χ0) is 51.3. The molecule has 0 amide bonds. The number of rotatable bonds is 3. The quantitative estimate of drug-likeness (QED) is 0.165. The van der Waals surface area contributed by atoms with Crippen molar-refractivity contribution >= 4 is 44.6 Å². The van der Waals surface area contributed by atoms with Crippen LogP contribution in [0.15, 0.2) is 176 Å². The molecule has 7 heteroatoms. The SMILES string of the molecule is [2H]C([2H])([2H])c1ccc2[c-]c1Oc1[c-]c3c(cc1)c1ccccc1n3-c1cc(C([2H])([2H])C(C)C)c(cn1)-c1ccccc1Oc1ccccc1-c1cccc(-c3ccccc3C([2H])([2H])[2H])c1N1[CH-]N2c2ccccc21.[Pt]. The zero-order valence-corrected chi connectivity index (χ0v) is 38.6. The summed E-state index contributed by atoms with van der Waals surface area (Å²) in [7, 11) is 0. The summed E-state index contributed by atoms with van der Waals surface area (Å²) in [5.74, 6) is 1.12. The van der Waals surface area contributed by atoms with Gasteiger partial charge < -0.3 is 23.8 Å². The first-order chi connectivity index (χ1) is 35.6. The number of fused-ring (bicyclic) bond motifs is 5. The van der Waals surface area contributed by atoms with Crippen LogP contribution in [0.2, 0.25) is 0 Å². The van der Waals surface area contributed by atoms with Gasteiger partial charge in [0, 0.05) is 100 Å². The van der Waals surface area contributed by atoms with Crippen LogP contribution in [0.3, 0.4) is 0 Å². The average molecular weight is 1060 g/mol. The standard InChI is InChI=1S/C60H45N4O2.Pt/c1-38(2)32-41-33-59-61-36-51(41)48-20-9-14-27-57(48)66-56-26-13-8-19-47(56)50-22-15-21-49(44-17-6-5-16-39(44)3)60(50)63-37-62(53-24-11-12-25-54(53)63)42-29-28-40(4)58(34-42)65-43-30-31-46-45-18-7-10-23-52(45)64(59)55(46)35-43;/h5-31,33,36-38H,32H2,1-4H3;/q-3;/i3D3,4D3,32D2;. The van der Waals surface area contributed by atoms with Crippen molar-refractivity contribution in [3.05, 3.63) is 212 Å².